The Bertz CT molecular complexity index is 614. The van der Waals surface area contributed by atoms with Gasteiger partial charge in [-0.2, -0.15) is 0 Å². The summed E-state index contributed by atoms with van der Waals surface area (Å²) in [5.74, 6) is 0.573. The van der Waals surface area contributed by atoms with Crippen molar-refractivity contribution in [3.8, 4) is 0 Å². The van der Waals surface area contributed by atoms with Gasteiger partial charge in [0.1, 0.15) is 5.82 Å². The SMILES string of the molecule is CN=C(NCC1(CCO)CCOC1)NCC1(c2ccc(F)cc2)CCC1.I. The zero-order valence-electron chi connectivity index (χ0n) is 16.0. The third-order valence-electron chi connectivity index (χ3n) is 6.04. The van der Waals surface area contributed by atoms with Crippen LogP contribution in [0.2, 0.25) is 0 Å². The maximum atomic E-state index is 13.2. The van der Waals surface area contributed by atoms with E-state index in [9.17, 15) is 9.50 Å². The molecule has 1 saturated heterocycles. The van der Waals surface area contributed by atoms with E-state index in [-0.39, 0.29) is 47.2 Å². The average molecular weight is 491 g/mol. The van der Waals surface area contributed by atoms with Crippen molar-refractivity contribution >= 4 is 29.9 Å². The first-order valence-corrected chi connectivity index (χ1v) is 9.51. The van der Waals surface area contributed by atoms with Crippen molar-refractivity contribution in [2.24, 2.45) is 10.4 Å². The van der Waals surface area contributed by atoms with Crippen LogP contribution in [0.4, 0.5) is 4.39 Å². The van der Waals surface area contributed by atoms with E-state index in [4.69, 9.17) is 4.74 Å². The van der Waals surface area contributed by atoms with Crippen LogP contribution in [-0.2, 0) is 10.2 Å². The Morgan fingerprint density at radius 2 is 1.89 bits per heavy atom. The van der Waals surface area contributed by atoms with Gasteiger partial charge < -0.3 is 20.5 Å². The molecular formula is C20H31FIN3O2. The smallest absolute Gasteiger partial charge is 0.191 e. The van der Waals surface area contributed by atoms with Gasteiger partial charge in [0.15, 0.2) is 5.96 Å². The number of hydrogen-bond acceptors (Lipinski definition) is 3. The molecular weight excluding hydrogens is 460 g/mol. The molecule has 1 heterocycles. The molecule has 1 aromatic rings. The Balaban J connectivity index is 0.00000261. The third-order valence-corrected chi connectivity index (χ3v) is 6.04. The molecule has 27 heavy (non-hydrogen) atoms. The van der Waals surface area contributed by atoms with Crippen LogP contribution in [0.15, 0.2) is 29.3 Å². The summed E-state index contributed by atoms with van der Waals surface area (Å²) in [4.78, 5) is 4.34. The Kier molecular flexibility index (Phi) is 8.30. The highest BCUT2D eigenvalue weighted by atomic mass is 127. The minimum absolute atomic E-state index is 0. The van der Waals surface area contributed by atoms with Crippen molar-refractivity contribution in [2.75, 3.05) is 40.0 Å². The van der Waals surface area contributed by atoms with E-state index < -0.39 is 0 Å². The summed E-state index contributed by atoms with van der Waals surface area (Å²) in [7, 11) is 1.77. The summed E-state index contributed by atoms with van der Waals surface area (Å²) in [5.41, 5.74) is 1.23. The zero-order chi connectivity index (χ0) is 18.5. The number of nitrogens with zero attached hydrogens (tertiary/aromatic N) is 1. The van der Waals surface area contributed by atoms with Crippen molar-refractivity contribution in [1.82, 2.24) is 10.6 Å². The number of aliphatic hydroxyl groups is 1. The molecule has 1 aromatic carbocycles. The molecule has 1 atom stereocenters. The second kappa shape index (κ2) is 10.0. The van der Waals surface area contributed by atoms with Crippen molar-refractivity contribution < 1.29 is 14.2 Å². The number of guanidine groups is 1. The molecule has 2 fully saturated rings. The molecule has 1 aliphatic heterocycles. The van der Waals surface area contributed by atoms with Gasteiger partial charge in [-0.25, -0.2) is 4.39 Å². The predicted octanol–water partition coefficient (Wildman–Crippen LogP) is 2.82. The molecule has 5 nitrogen and oxygen atoms in total. The third kappa shape index (κ3) is 5.32. The standard InChI is InChI=1S/C20H30FN3O2.HI/c1-22-18(23-13-19(9-11-25)10-12-26-15-19)24-14-20(7-2-8-20)16-3-5-17(21)6-4-16;/h3-6,25H,2,7-15H2,1H3,(H2,22,23,24);1H. The summed E-state index contributed by atoms with van der Waals surface area (Å²) in [6.45, 7) is 3.11. The van der Waals surface area contributed by atoms with E-state index >= 15 is 0 Å². The van der Waals surface area contributed by atoms with Crippen molar-refractivity contribution in [3.63, 3.8) is 0 Å². The Morgan fingerprint density at radius 3 is 2.41 bits per heavy atom. The number of rotatable bonds is 7. The highest BCUT2D eigenvalue weighted by molar-refractivity contribution is 14.0. The van der Waals surface area contributed by atoms with E-state index in [2.05, 4.69) is 15.6 Å². The number of hydrogen-bond donors (Lipinski definition) is 3. The second-order valence-corrected chi connectivity index (χ2v) is 7.70. The molecule has 3 rings (SSSR count). The summed E-state index contributed by atoms with van der Waals surface area (Å²) in [5, 5.41) is 16.2. The molecule has 0 aromatic heterocycles. The quantitative estimate of drug-likeness (QED) is 0.312. The van der Waals surface area contributed by atoms with Crippen LogP contribution < -0.4 is 10.6 Å². The maximum absolute atomic E-state index is 13.2. The minimum atomic E-state index is -0.193. The van der Waals surface area contributed by atoms with E-state index in [1.807, 2.05) is 12.1 Å². The van der Waals surface area contributed by atoms with Crippen LogP contribution >= 0.6 is 24.0 Å². The molecule has 1 unspecified atom stereocenters. The van der Waals surface area contributed by atoms with Crippen molar-refractivity contribution in [3.05, 3.63) is 35.6 Å². The molecule has 152 valence electrons. The van der Waals surface area contributed by atoms with Gasteiger partial charge in [-0.05, 0) is 43.4 Å². The van der Waals surface area contributed by atoms with Gasteiger partial charge in [0.25, 0.3) is 0 Å². The fourth-order valence-electron chi connectivity index (χ4n) is 4.03. The maximum Gasteiger partial charge on any atom is 0.191 e. The molecule has 3 N–H and O–H groups in total. The van der Waals surface area contributed by atoms with Crippen LogP contribution in [0.5, 0.6) is 0 Å². The Morgan fingerprint density at radius 1 is 1.19 bits per heavy atom. The lowest BCUT2D eigenvalue weighted by molar-refractivity contribution is 0.127. The van der Waals surface area contributed by atoms with E-state index in [0.29, 0.717) is 6.61 Å². The second-order valence-electron chi connectivity index (χ2n) is 7.70. The molecule has 0 bridgehead atoms. The molecule has 1 aliphatic carbocycles. The van der Waals surface area contributed by atoms with Gasteiger partial charge in [-0.3, -0.25) is 4.99 Å². The number of nitrogens with one attached hydrogen (secondary N) is 2. The fourth-order valence-corrected chi connectivity index (χ4v) is 4.03. The monoisotopic (exact) mass is 491 g/mol. The minimum Gasteiger partial charge on any atom is -0.396 e. The number of aliphatic imine (C=N–C) groups is 1. The normalized spacial score (nSPS) is 24.0. The molecule has 2 aliphatic rings. The summed E-state index contributed by atoms with van der Waals surface area (Å²) < 4.78 is 18.8. The lowest BCUT2D eigenvalue weighted by Gasteiger charge is -2.43. The van der Waals surface area contributed by atoms with E-state index in [0.717, 1.165) is 51.3 Å². The highest BCUT2D eigenvalue weighted by Crippen LogP contribution is 2.43. The van der Waals surface area contributed by atoms with Gasteiger partial charge >= 0.3 is 0 Å². The van der Waals surface area contributed by atoms with Gasteiger partial charge in [0.2, 0.25) is 0 Å². The molecule has 0 radical (unpaired) electrons. The van der Waals surface area contributed by atoms with Gasteiger partial charge in [-0.1, -0.05) is 18.6 Å². The highest BCUT2D eigenvalue weighted by Gasteiger charge is 2.39. The van der Waals surface area contributed by atoms with Gasteiger partial charge in [0.05, 0.1) is 6.61 Å². The topological polar surface area (TPSA) is 65.9 Å². The molecule has 0 spiro atoms. The molecule has 1 saturated carbocycles. The van der Waals surface area contributed by atoms with Crippen LogP contribution in [0.25, 0.3) is 0 Å². The Labute approximate surface area is 178 Å². The Hall–Kier alpha value is -0.930. The number of halogens is 2. The summed E-state index contributed by atoms with van der Waals surface area (Å²) in [6, 6.07) is 6.89. The van der Waals surface area contributed by atoms with Crippen LogP contribution in [0.1, 0.15) is 37.7 Å². The molecule has 7 heteroatoms. The zero-order valence-corrected chi connectivity index (χ0v) is 18.3. The number of benzene rings is 1. The van der Waals surface area contributed by atoms with Crippen LogP contribution in [-0.4, -0.2) is 51.0 Å². The first-order chi connectivity index (χ1) is 12.6. The largest absolute Gasteiger partial charge is 0.396 e. The van der Waals surface area contributed by atoms with E-state index in [1.54, 1.807) is 19.2 Å². The van der Waals surface area contributed by atoms with Crippen LogP contribution in [0.3, 0.4) is 0 Å². The van der Waals surface area contributed by atoms with Crippen molar-refractivity contribution in [1.29, 1.82) is 0 Å². The lowest BCUT2D eigenvalue weighted by atomic mass is 9.64. The number of ether oxygens (including phenoxy) is 1. The average Bonchev–Trinajstić information content (AvgIpc) is 3.07. The van der Waals surface area contributed by atoms with Crippen LogP contribution in [0, 0.1) is 11.2 Å². The first kappa shape index (κ1) is 22.4. The van der Waals surface area contributed by atoms with E-state index in [1.165, 1.54) is 12.0 Å². The summed E-state index contributed by atoms with van der Waals surface area (Å²) in [6.07, 6.45) is 5.09. The van der Waals surface area contributed by atoms with Gasteiger partial charge in [0, 0.05) is 44.2 Å². The van der Waals surface area contributed by atoms with Crippen molar-refractivity contribution in [2.45, 2.75) is 37.5 Å². The molecule has 0 amide bonds. The fraction of sp³-hybridized carbons (Fsp3) is 0.650. The number of aliphatic hydroxyl groups excluding tert-OH is 1. The van der Waals surface area contributed by atoms with Gasteiger partial charge in [-0.15, -0.1) is 24.0 Å². The first-order valence-electron chi connectivity index (χ1n) is 9.51. The summed E-state index contributed by atoms with van der Waals surface area (Å²) >= 11 is 0. The lowest BCUT2D eigenvalue weighted by Crippen LogP contribution is -2.50. The predicted molar refractivity (Wildman–Crippen MR) is 116 cm³/mol.